The molecule has 2 heterocycles. The molecule has 6 heteroatoms. The summed E-state index contributed by atoms with van der Waals surface area (Å²) < 4.78 is 5.30. The van der Waals surface area contributed by atoms with E-state index in [4.69, 9.17) is 10.2 Å². The van der Waals surface area contributed by atoms with Crippen molar-refractivity contribution in [3.8, 4) is 0 Å². The first kappa shape index (κ1) is 16.0. The molecule has 6 nitrogen and oxygen atoms in total. The third-order valence-corrected chi connectivity index (χ3v) is 4.19. The van der Waals surface area contributed by atoms with E-state index in [1.165, 1.54) is 19.1 Å². The Morgan fingerprint density at radius 3 is 3.00 bits per heavy atom. The molecule has 1 aliphatic rings. The Labute approximate surface area is 126 Å². The number of hydrogen-bond donors (Lipinski definition) is 2. The van der Waals surface area contributed by atoms with Gasteiger partial charge in [0.2, 0.25) is 5.89 Å². The molecule has 1 saturated heterocycles. The van der Waals surface area contributed by atoms with Crippen LogP contribution >= 0.6 is 0 Å². The number of likely N-dealkylation sites (tertiary alicyclic amines) is 1. The van der Waals surface area contributed by atoms with Crippen LogP contribution < -0.4 is 11.1 Å². The van der Waals surface area contributed by atoms with Crippen molar-refractivity contribution in [3.05, 3.63) is 17.8 Å². The van der Waals surface area contributed by atoms with Gasteiger partial charge in [-0.25, -0.2) is 4.98 Å². The molecule has 2 rings (SSSR count). The average Bonchev–Trinajstić information content (AvgIpc) is 3.07. The molecular formula is C15H26N4O2. The minimum absolute atomic E-state index is 0.193. The van der Waals surface area contributed by atoms with E-state index in [9.17, 15) is 4.79 Å². The summed E-state index contributed by atoms with van der Waals surface area (Å²) in [6.45, 7) is 5.80. The Bertz CT molecular complexity index is 472. The fraction of sp³-hybridized carbons (Fsp3) is 0.733. The van der Waals surface area contributed by atoms with E-state index in [-0.39, 0.29) is 17.9 Å². The molecule has 0 aromatic carbocycles. The molecular weight excluding hydrogens is 268 g/mol. The largest absolute Gasteiger partial charge is 0.446 e. The zero-order chi connectivity index (χ0) is 15.4. The van der Waals surface area contributed by atoms with E-state index in [1.807, 2.05) is 13.8 Å². The van der Waals surface area contributed by atoms with Crippen LogP contribution in [0.1, 0.15) is 55.5 Å². The maximum absolute atomic E-state index is 12.0. The Hall–Kier alpha value is -1.40. The van der Waals surface area contributed by atoms with Crippen molar-refractivity contribution in [1.82, 2.24) is 15.2 Å². The lowest BCUT2D eigenvalue weighted by molar-refractivity contribution is 0.0945. The molecule has 1 fully saturated rings. The first-order chi connectivity index (χ1) is 9.99. The summed E-state index contributed by atoms with van der Waals surface area (Å²) in [6.07, 6.45) is 4.81. The Morgan fingerprint density at radius 1 is 1.62 bits per heavy atom. The first-order valence-electron chi connectivity index (χ1n) is 7.68. The number of aromatic nitrogens is 1. The van der Waals surface area contributed by atoms with Crippen molar-refractivity contribution in [2.45, 2.75) is 45.2 Å². The van der Waals surface area contributed by atoms with Crippen LogP contribution in [0.3, 0.4) is 0 Å². The maximum atomic E-state index is 12.0. The maximum Gasteiger partial charge on any atom is 0.273 e. The van der Waals surface area contributed by atoms with Gasteiger partial charge in [-0.2, -0.15) is 0 Å². The fourth-order valence-electron chi connectivity index (χ4n) is 2.62. The third kappa shape index (κ3) is 4.04. The molecule has 0 radical (unpaired) electrons. The number of carbonyl (C=O) groups excluding carboxylic acids is 1. The zero-order valence-electron chi connectivity index (χ0n) is 13.1. The van der Waals surface area contributed by atoms with Gasteiger partial charge in [0.05, 0.1) is 6.04 Å². The lowest BCUT2D eigenvalue weighted by Gasteiger charge is -2.19. The molecule has 3 N–H and O–H groups in total. The van der Waals surface area contributed by atoms with Gasteiger partial charge in [-0.3, -0.25) is 4.79 Å². The molecule has 0 saturated carbocycles. The van der Waals surface area contributed by atoms with Crippen molar-refractivity contribution >= 4 is 5.91 Å². The number of amides is 1. The van der Waals surface area contributed by atoms with E-state index < -0.39 is 0 Å². The summed E-state index contributed by atoms with van der Waals surface area (Å²) in [5.41, 5.74) is 6.26. The van der Waals surface area contributed by atoms with Crippen molar-refractivity contribution in [2.24, 2.45) is 11.7 Å². The number of nitrogens with two attached hydrogens (primary N) is 1. The predicted octanol–water partition coefficient (Wildman–Crippen LogP) is 1.54. The summed E-state index contributed by atoms with van der Waals surface area (Å²) in [5, 5.41) is 2.90. The van der Waals surface area contributed by atoms with Gasteiger partial charge in [0.25, 0.3) is 5.91 Å². The van der Waals surface area contributed by atoms with Crippen molar-refractivity contribution in [3.63, 3.8) is 0 Å². The minimum Gasteiger partial charge on any atom is -0.446 e. The van der Waals surface area contributed by atoms with Gasteiger partial charge >= 0.3 is 0 Å². The first-order valence-corrected chi connectivity index (χ1v) is 7.68. The molecule has 1 aliphatic heterocycles. The lowest BCUT2D eigenvalue weighted by atomic mass is 10.1. The number of rotatable bonds is 6. The summed E-state index contributed by atoms with van der Waals surface area (Å²) in [6, 6.07) is 0.297. The summed E-state index contributed by atoms with van der Waals surface area (Å²) in [4.78, 5) is 18.5. The van der Waals surface area contributed by atoms with Crippen LogP contribution in [-0.4, -0.2) is 42.0 Å². The van der Waals surface area contributed by atoms with Gasteiger partial charge in [0.1, 0.15) is 6.26 Å². The van der Waals surface area contributed by atoms with Gasteiger partial charge in [-0.15, -0.1) is 0 Å². The molecule has 0 spiro atoms. The van der Waals surface area contributed by atoms with Gasteiger partial charge in [-0.05, 0) is 38.8 Å². The molecule has 21 heavy (non-hydrogen) atoms. The van der Waals surface area contributed by atoms with E-state index in [1.54, 1.807) is 0 Å². The number of hydrogen-bond acceptors (Lipinski definition) is 5. The SMILES string of the molecule is CC(C)C(N)c1nc(C(=O)NCCC2CCCN2C)co1. The summed E-state index contributed by atoms with van der Waals surface area (Å²) >= 11 is 0. The van der Waals surface area contributed by atoms with Crippen LogP contribution in [0.5, 0.6) is 0 Å². The highest BCUT2D eigenvalue weighted by Gasteiger charge is 2.22. The topological polar surface area (TPSA) is 84.4 Å². The second-order valence-corrected chi connectivity index (χ2v) is 6.16. The Morgan fingerprint density at radius 2 is 2.38 bits per heavy atom. The smallest absolute Gasteiger partial charge is 0.273 e. The predicted molar refractivity (Wildman–Crippen MR) is 80.9 cm³/mol. The van der Waals surface area contributed by atoms with E-state index in [0.29, 0.717) is 24.2 Å². The van der Waals surface area contributed by atoms with Crippen LogP contribution in [0.4, 0.5) is 0 Å². The van der Waals surface area contributed by atoms with Gasteiger partial charge < -0.3 is 20.4 Å². The van der Waals surface area contributed by atoms with Gasteiger partial charge in [-0.1, -0.05) is 13.8 Å². The fourth-order valence-corrected chi connectivity index (χ4v) is 2.62. The highest BCUT2D eigenvalue weighted by atomic mass is 16.3. The average molecular weight is 294 g/mol. The van der Waals surface area contributed by atoms with Crippen molar-refractivity contribution < 1.29 is 9.21 Å². The Kier molecular flexibility index (Phi) is 5.36. The molecule has 1 amide bonds. The molecule has 2 unspecified atom stereocenters. The van der Waals surface area contributed by atoms with Crippen LogP contribution in [-0.2, 0) is 0 Å². The molecule has 0 bridgehead atoms. The molecule has 118 valence electrons. The molecule has 1 aromatic rings. The van der Waals surface area contributed by atoms with Gasteiger partial charge in [0, 0.05) is 12.6 Å². The van der Waals surface area contributed by atoms with E-state index >= 15 is 0 Å². The standard InChI is InChI=1S/C15H26N4O2/c1-10(2)13(16)15-18-12(9-21-15)14(20)17-7-6-11-5-4-8-19(11)3/h9-11,13H,4-8,16H2,1-3H3,(H,17,20). The highest BCUT2D eigenvalue weighted by molar-refractivity contribution is 5.91. The van der Waals surface area contributed by atoms with Crippen molar-refractivity contribution in [2.75, 3.05) is 20.1 Å². The van der Waals surface area contributed by atoms with E-state index in [0.717, 1.165) is 13.0 Å². The van der Waals surface area contributed by atoms with Crippen LogP contribution in [0.25, 0.3) is 0 Å². The summed E-state index contributed by atoms with van der Waals surface area (Å²) in [7, 11) is 2.14. The minimum atomic E-state index is -0.279. The highest BCUT2D eigenvalue weighted by Crippen LogP contribution is 2.18. The van der Waals surface area contributed by atoms with Crippen LogP contribution in [0, 0.1) is 5.92 Å². The monoisotopic (exact) mass is 294 g/mol. The van der Waals surface area contributed by atoms with Crippen molar-refractivity contribution in [1.29, 1.82) is 0 Å². The summed E-state index contributed by atoms with van der Waals surface area (Å²) in [5.74, 6) is 0.449. The number of nitrogens with one attached hydrogen (secondary N) is 1. The second kappa shape index (κ2) is 7.04. The molecule has 0 aliphatic carbocycles. The number of carbonyl (C=O) groups is 1. The zero-order valence-corrected chi connectivity index (χ0v) is 13.1. The lowest BCUT2D eigenvalue weighted by Crippen LogP contribution is -2.32. The normalized spacial score (nSPS) is 20.9. The van der Waals surface area contributed by atoms with Crippen LogP contribution in [0.15, 0.2) is 10.7 Å². The second-order valence-electron chi connectivity index (χ2n) is 6.16. The number of oxazole rings is 1. The molecule has 2 atom stereocenters. The third-order valence-electron chi connectivity index (χ3n) is 4.19. The quantitative estimate of drug-likeness (QED) is 0.831. The van der Waals surface area contributed by atoms with E-state index in [2.05, 4.69) is 22.2 Å². The molecule has 1 aromatic heterocycles. The van der Waals surface area contributed by atoms with Gasteiger partial charge in [0.15, 0.2) is 5.69 Å². The Balaban J connectivity index is 1.80. The number of nitrogens with zero attached hydrogens (tertiary/aromatic N) is 2. The van der Waals surface area contributed by atoms with Crippen LogP contribution in [0.2, 0.25) is 0 Å².